The molecule has 6 heteroatoms. The predicted molar refractivity (Wildman–Crippen MR) is 96.0 cm³/mol. The molecule has 2 aromatic carbocycles. The van der Waals surface area contributed by atoms with Crippen molar-refractivity contribution in [2.75, 3.05) is 6.54 Å². The first-order valence-corrected chi connectivity index (χ1v) is 7.85. The molecular formula is C19H17N3O3. The van der Waals surface area contributed by atoms with Gasteiger partial charge in [0.2, 0.25) is 0 Å². The molecule has 1 aromatic heterocycles. The van der Waals surface area contributed by atoms with E-state index in [4.69, 9.17) is 5.11 Å². The highest BCUT2D eigenvalue weighted by atomic mass is 16.4. The number of carbonyl (C=O) groups excluding carboxylic acids is 1. The maximum Gasteiger partial charge on any atom is 0.305 e. The van der Waals surface area contributed by atoms with E-state index >= 15 is 0 Å². The van der Waals surface area contributed by atoms with Crippen molar-refractivity contribution in [2.24, 2.45) is 0 Å². The zero-order valence-electron chi connectivity index (χ0n) is 13.4. The first kappa shape index (κ1) is 16.4. The van der Waals surface area contributed by atoms with Crippen molar-refractivity contribution in [3.8, 4) is 0 Å². The number of benzene rings is 2. The van der Waals surface area contributed by atoms with E-state index in [0.717, 1.165) is 22.2 Å². The van der Waals surface area contributed by atoms with Crippen LogP contribution < -0.4 is 5.32 Å². The second kappa shape index (κ2) is 7.44. The average Bonchev–Trinajstić information content (AvgIpc) is 3.03. The van der Waals surface area contributed by atoms with Crippen LogP contribution in [0.15, 0.2) is 48.5 Å². The molecule has 3 aromatic rings. The Balaban J connectivity index is 1.66. The number of hydrogen-bond acceptors (Lipinski definition) is 3. The van der Waals surface area contributed by atoms with E-state index in [1.54, 1.807) is 12.1 Å². The summed E-state index contributed by atoms with van der Waals surface area (Å²) in [6.45, 7) is 0.113. The van der Waals surface area contributed by atoms with Crippen molar-refractivity contribution < 1.29 is 14.7 Å². The fourth-order valence-corrected chi connectivity index (χ4v) is 2.42. The van der Waals surface area contributed by atoms with Gasteiger partial charge >= 0.3 is 5.97 Å². The van der Waals surface area contributed by atoms with Crippen LogP contribution in [0.25, 0.3) is 23.1 Å². The maximum atomic E-state index is 11.9. The number of aliphatic carboxylic acids is 1. The van der Waals surface area contributed by atoms with Gasteiger partial charge in [-0.1, -0.05) is 36.4 Å². The third kappa shape index (κ3) is 4.11. The van der Waals surface area contributed by atoms with Crippen molar-refractivity contribution >= 4 is 34.9 Å². The SMILES string of the molecule is O=C(O)CCNC(=O)c1ccc(/C=C/c2n[nH]c3ccccc23)cc1. The molecule has 0 aliphatic heterocycles. The molecule has 0 saturated heterocycles. The number of carboxylic acid groups (broad SMARTS) is 1. The lowest BCUT2D eigenvalue weighted by molar-refractivity contribution is -0.136. The third-order valence-corrected chi connectivity index (χ3v) is 3.73. The number of carbonyl (C=O) groups is 2. The van der Waals surface area contributed by atoms with Crippen molar-refractivity contribution in [3.05, 3.63) is 65.4 Å². The monoisotopic (exact) mass is 335 g/mol. The number of nitrogens with one attached hydrogen (secondary N) is 2. The van der Waals surface area contributed by atoms with E-state index in [0.29, 0.717) is 5.56 Å². The van der Waals surface area contributed by atoms with E-state index in [1.165, 1.54) is 0 Å². The summed E-state index contributed by atoms with van der Waals surface area (Å²) >= 11 is 0. The highest BCUT2D eigenvalue weighted by Crippen LogP contribution is 2.17. The van der Waals surface area contributed by atoms with Crippen LogP contribution in [0.2, 0.25) is 0 Å². The summed E-state index contributed by atoms with van der Waals surface area (Å²) in [5.74, 6) is -1.22. The lowest BCUT2D eigenvalue weighted by Gasteiger charge is -2.03. The number of aromatic nitrogens is 2. The first-order valence-electron chi connectivity index (χ1n) is 7.85. The largest absolute Gasteiger partial charge is 0.481 e. The van der Waals surface area contributed by atoms with Crippen molar-refractivity contribution in [1.29, 1.82) is 0 Å². The summed E-state index contributed by atoms with van der Waals surface area (Å²) in [7, 11) is 0. The second-order valence-corrected chi connectivity index (χ2v) is 5.51. The summed E-state index contributed by atoms with van der Waals surface area (Å²) in [5.41, 5.74) is 3.27. The molecule has 1 amide bonds. The van der Waals surface area contributed by atoms with E-state index < -0.39 is 5.97 Å². The molecule has 0 unspecified atom stereocenters. The van der Waals surface area contributed by atoms with Crippen LogP contribution in [0.3, 0.4) is 0 Å². The third-order valence-electron chi connectivity index (χ3n) is 3.73. The highest BCUT2D eigenvalue weighted by Gasteiger charge is 2.06. The van der Waals surface area contributed by atoms with Gasteiger partial charge in [-0.05, 0) is 29.8 Å². The van der Waals surface area contributed by atoms with Gasteiger partial charge < -0.3 is 10.4 Å². The number of carboxylic acids is 1. The maximum absolute atomic E-state index is 11.9. The Morgan fingerprint density at radius 3 is 2.60 bits per heavy atom. The van der Waals surface area contributed by atoms with Gasteiger partial charge in [0.1, 0.15) is 0 Å². The van der Waals surface area contributed by atoms with Crippen LogP contribution in [-0.2, 0) is 4.79 Å². The van der Waals surface area contributed by atoms with Crippen LogP contribution in [-0.4, -0.2) is 33.7 Å². The Morgan fingerprint density at radius 1 is 1.08 bits per heavy atom. The van der Waals surface area contributed by atoms with Gasteiger partial charge in [-0.25, -0.2) is 0 Å². The van der Waals surface area contributed by atoms with Crippen molar-refractivity contribution in [2.45, 2.75) is 6.42 Å². The minimum absolute atomic E-state index is 0.0931. The summed E-state index contributed by atoms with van der Waals surface area (Å²) in [4.78, 5) is 22.3. The number of nitrogens with zero attached hydrogens (tertiary/aromatic N) is 1. The standard InChI is InChI=1S/C19H17N3O3/c23-18(24)11-12-20-19(25)14-8-5-13(6-9-14)7-10-17-15-3-1-2-4-16(15)21-22-17/h1-10H,11-12H2,(H,20,25)(H,21,22)(H,23,24)/b10-7+. The van der Waals surface area contributed by atoms with E-state index in [9.17, 15) is 9.59 Å². The van der Waals surface area contributed by atoms with Gasteiger partial charge in [0.15, 0.2) is 0 Å². The minimum atomic E-state index is -0.938. The van der Waals surface area contributed by atoms with Crippen LogP contribution in [0.4, 0.5) is 0 Å². The Labute approximate surface area is 144 Å². The quantitative estimate of drug-likeness (QED) is 0.645. The molecule has 0 saturated carbocycles. The number of para-hydroxylation sites is 1. The van der Waals surface area contributed by atoms with Crippen molar-refractivity contribution in [3.63, 3.8) is 0 Å². The summed E-state index contributed by atoms with van der Waals surface area (Å²) in [5, 5.41) is 19.5. The molecule has 0 aliphatic rings. The second-order valence-electron chi connectivity index (χ2n) is 5.51. The van der Waals surface area contributed by atoms with Gasteiger partial charge in [-0.15, -0.1) is 0 Å². The Morgan fingerprint density at radius 2 is 1.84 bits per heavy atom. The molecule has 0 atom stereocenters. The molecule has 0 radical (unpaired) electrons. The fraction of sp³-hybridized carbons (Fsp3) is 0.105. The molecular weight excluding hydrogens is 318 g/mol. The molecule has 0 bridgehead atoms. The number of aromatic amines is 1. The topological polar surface area (TPSA) is 95.1 Å². The number of amides is 1. The highest BCUT2D eigenvalue weighted by molar-refractivity contribution is 5.95. The molecule has 126 valence electrons. The van der Waals surface area contributed by atoms with Gasteiger partial charge in [0.25, 0.3) is 5.91 Å². The Kier molecular flexibility index (Phi) is 4.89. The minimum Gasteiger partial charge on any atom is -0.481 e. The van der Waals surface area contributed by atoms with Crippen LogP contribution in [0.1, 0.15) is 28.0 Å². The number of fused-ring (bicyclic) bond motifs is 1. The smallest absolute Gasteiger partial charge is 0.305 e. The molecule has 0 aliphatic carbocycles. The predicted octanol–water partition coefficient (Wildman–Crippen LogP) is 2.94. The van der Waals surface area contributed by atoms with Gasteiger partial charge in [0, 0.05) is 17.5 Å². The lowest BCUT2D eigenvalue weighted by Crippen LogP contribution is -2.25. The number of H-pyrrole nitrogens is 1. The number of hydrogen-bond donors (Lipinski definition) is 3. The zero-order chi connectivity index (χ0) is 17.6. The molecule has 6 nitrogen and oxygen atoms in total. The number of rotatable bonds is 6. The van der Waals surface area contributed by atoms with Crippen molar-refractivity contribution in [1.82, 2.24) is 15.5 Å². The van der Waals surface area contributed by atoms with E-state index in [1.807, 2.05) is 48.6 Å². The fourth-order valence-electron chi connectivity index (χ4n) is 2.42. The lowest BCUT2D eigenvalue weighted by atomic mass is 10.1. The molecule has 0 spiro atoms. The average molecular weight is 335 g/mol. The van der Waals surface area contributed by atoms with Crippen LogP contribution in [0, 0.1) is 0 Å². The summed E-state index contributed by atoms with van der Waals surface area (Å²) in [6, 6.07) is 15.0. The van der Waals surface area contributed by atoms with Crippen LogP contribution >= 0.6 is 0 Å². The van der Waals surface area contributed by atoms with Gasteiger partial charge in [0.05, 0.1) is 17.6 Å². The molecule has 0 fully saturated rings. The van der Waals surface area contributed by atoms with E-state index in [2.05, 4.69) is 15.5 Å². The molecule has 3 rings (SSSR count). The van der Waals surface area contributed by atoms with Gasteiger partial charge in [-0.3, -0.25) is 14.7 Å². The molecule has 25 heavy (non-hydrogen) atoms. The Bertz CT molecular complexity index is 926. The Hall–Kier alpha value is -3.41. The molecule has 1 heterocycles. The van der Waals surface area contributed by atoms with Gasteiger partial charge in [-0.2, -0.15) is 5.10 Å². The molecule has 3 N–H and O–H groups in total. The first-order chi connectivity index (χ1) is 12.1. The van der Waals surface area contributed by atoms with E-state index in [-0.39, 0.29) is 18.9 Å². The summed E-state index contributed by atoms with van der Waals surface area (Å²) in [6.07, 6.45) is 3.75. The summed E-state index contributed by atoms with van der Waals surface area (Å²) < 4.78 is 0. The normalized spacial score (nSPS) is 11.0. The zero-order valence-corrected chi connectivity index (χ0v) is 13.4. The van der Waals surface area contributed by atoms with Crippen LogP contribution in [0.5, 0.6) is 0 Å².